The summed E-state index contributed by atoms with van der Waals surface area (Å²) in [4.78, 5) is 2.49. The van der Waals surface area contributed by atoms with E-state index in [2.05, 4.69) is 23.1 Å². The van der Waals surface area contributed by atoms with Crippen molar-refractivity contribution in [2.75, 3.05) is 32.8 Å². The van der Waals surface area contributed by atoms with E-state index in [0.29, 0.717) is 19.3 Å². The number of nitrogens with zero attached hydrogens (tertiary/aromatic N) is 3. The zero-order chi connectivity index (χ0) is 12.8. The molecule has 0 unspecified atom stereocenters. The summed E-state index contributed by atoms with van der Waals surface area (Å²) < 4.78 is 7.70. The van der Waals surface area contributed by atoms with Gasteiger partial charge >= 0.3 is 0 Å². The first-order valence-electron chi connectivity index (χ1n) is 6.81. The van der Waals surface area contributed by atoms with Crippen LogP contribution in [-0.2, 0) is 11.3 Å². The normalized spacial score (nSPS) is 18.3. The molecule has 1 aromatic heterocycles. The van der Waals surface area contributed by atoms with Gasteiger partial charge < -0.3 is 15.4 Å². The lowest BCUT2D eigenvalue weighted by Gasteiger charge is -2.31. The number of rotatable bonds is 6. The molecule has 0 radical (unpaired) electrons. The number of hydrogen-bond acceptors (Lipinski definition) is 4. The first-order valence-corrected chi connectivity index (χ1v) is 6.81. The summed E-state index contributed by atoms with van der Waals surface area (Å²) in [5.41, 5.74) is 6.67. The van der Waals surface area contributed by atoms with E-state index in [-0.39, 0.29) is 0 Å². The highest BCUT2D eigenvalue weighted by Gasteiger charge is 2.18. The van der Waals surface area contributed by atoms with Crippen molar-refractivity contribution in [1.29, 1.82) is 0 Å². The Hall–Kier alpha value is -0.910. The number of nitrogens with two attached hydrogens (primary N) is 1. The predicted octanol–water partition coefficient (Wildman–Crippen LogP) is 0.631. The van der Waals surface area contributed by atoms with Crippen LogP contribution in [0.5, 0.6) is 0 Å². The maximum absolute atomic E-state index is 5.68. The lowest BCUT2D eigenvalue weighted by Crippen LogP contribution is -2.39. The van der Waals surface area contributed by atoms with Crippen LogP contribution < -0.4 is 5.73 Å². The summed E-state index contributed by atoms with van der Waals surface area (Å²) in [6.45, 7) is 7.68. The average molecular weight is 252 g/mol. The van der Waals surface area contributed by atoms with Crippen molar-refractivity contribution in [3.8, 4) is 0 Å². The number of hydrogen-bond donors (Lipinski definition) is 1. The highest BCUT2D eigenvalue weighted by Crippen LogP contribution is 2.13. The maximum atomic E-state index is 5.68. The third-order valence-electron chi connectivity index (χ3n) is 3.41. The van der Waals surface area contributed by atoms with Crippen molar-refractivity contribution in [2.24, 2.45) is 5.73 Å². The molecule has 0 bridgehead atoms. The number of aromatic nitrogens is 2. The second-order valence-electron chi connectivity index (χ2n) is 4.98. The Morgan fingerprint density at radius 2 is 2.17 bits per heavy atom. The van der Waals surface area contributed by atoms with Gasteiger partial charge in [-0.1, -0.05) is 0 Å². The minimum Gasteiger partial charge on any atom is -0.377 e. The van der Waals surface area contributed by atoms with Gasteiger partial charge in [-0.05, 0) is 25.3 Å². The Morgan fingerprint density at radius 3 is 2.78 bits per heavy atom. The molecule has 18 heavy (non-hydrogen) atoms. The molecule has 1 aliphatic rings. The van der Waals surface area contributed by atoms with Gasteiger partial charge in [0.2, 0.25) is 0 Å². The van der Waals surface area contributed by atoms with Gasteiger partial charge in [-0.25, -0.2) is 0 Å². The van der Waals surface area contributed by atoms with Gasteiger partial charge in [-0.15, -0.1) is 0 Å². The van der Waals surface area contributed by atoms with E-state index in [9.17, 15) is 0 Å². The van der Waals surface area contributed by atoms with Gasteiger partial charge in [0.1, 0.15) is 0 Å². The summed E-state index contributed by atoms with van der Waals surface area (Å²) in [5.74, 6) is 0. The molecule has 2 heterocycles. The monoisotopic (exact) mass is 252 g/mol. The molecule has 2 rings (SSSR count). The highest BCUT2D eigenvalue weighted by atomic mass is 16.5. The van der Waals surface area contributed by atoms with Crippen LogP contribution in [0.15, 0.2) is 12.4 Å². The summed E-state index contributed by atoms with van der Waals surface area (Å²) >= 11 is 0. The zero-order valence-corrected chi connectivity index (χ0v) is 11.2. The van der Waals surface area contributed by atoms with Gasteiger partial charge in [0.05, 0.1) is 25.5 Å². The van der Waals surface area contributed by atoms with Gasteiger partial charge in [0.25, 0.3) is 0 Å². The second kappa shape index (κ2) is 6.87. The number of ether oxygens (including phenoxy) is 1. The van der Waals surface area contributed by atoms with Crippen molar-refractivity contribution in [3.63, 3.8) is 0 Å². The average Bonchev–Trinajstić information content (AvgIpc) is 2.81. The molecule has 1 fully saturated rings. The van der Waals surface area contributed by atoms with Crippen molar-refractivity contribution in [3.05, 3.63) is 18.0 Å². The van der Waals surface area contributed by atoms with E-state index >= 15 is 0 Å². The molecule has 0 amide bonds. The van der Waals surface area contributed by atoms with Crippen LogP contribution >= 0.6 is 0 Å². The van der Waals surface area contributed by atoms with Gasteiger partial charge in [0, 0.05) is 32.4 Å². The lowest BCUT2D eigenvalue weighted by atomic mass is 10.1. The van der Waals surface area contributed by atoms with E-state index in [1.165, 1.54) is 5.56 Å². The smallest absolute Gasteiger partial charge is 0.0600 e. The Kier molecular flexibility index (Phi) is 5.16. The summed E-state index contributed by atoms with van der Waals surface area (Å²) in [6, 6.07) is 0. The predicted molar refractivity (Wildman–Crippen MR) is 71.4 cm³/mol. The maximum Gasteiger partial charge on any atom is 0.0600 e. The molecular weight excluding hydrogens is 228 g/mol. The number of aryl methyl sites for hydroxylation is 1. The molecule has 102 valence electrons. The molecule has 0 atom stereocenters. The minimum absolute atomic E-state index is 0.414. The highest BCUT2D eigenvalue weighted by molar-refractivity contribution is 4.99. The molecule has 1 aromatic rings. The van der Waals surface area contributed by atoms with Gasteiger partial charge in [-0.3, -0.25) is 4.68 Å². The van der Waals surface area contributed by atoms with E-state index in [1.807, 2.05) is 10.9 Å². The second-order valence-corrected chi connectivity index (χ2v) is 4.98. The van der Waals surface area contributed by atoms with Crippen LogP contribution in [0.25, 0.3) is 0 Å². The van der Waals surface area contributed by atoms with Crippen LogP contribution in [0.2, 0.25) is 0 Å². The molecule has 0 saturated carbocycles. The van der Waals surface area contributed by atoms with Crippen LogP contribution in [0.1, 0.15) is 18.4 Å². The molecule has 1 saturated heterocycles. The molecule has 5 heteroatoms. The fourth-order valence-corrected chi connectivity index (χ4v) is 2.37. The zero-order valence-electron chi connectivity index (χ0n) is 11.2. The Labute approximate surface area is 109 Å². The van der Waals surface area contributed by atoms with Crippen LogP contribution in [0.4, 0.5) is 0 Å². The van der Waals surface area contributed by atoms with E-state index in [0.717, 1.165) is 39.0 Å². The number of likely N-dealkylation sites (tertiary alicyclic amines) is 1. The Balaban J connectivity index is 1.64. The molecule has 1 aliphatic heterocycles. The Bertz CT molecular complexity index is 345. The SMILES string of the molecule is Cc1cnn(CCN2CCC(OCCN)CC2)c1. The fourth-order valence-electron chi connectivity index (χ4n) is 2.37. The van der Waals surface area contributed by atoms with Crippen LogP contribution in [0, 0.1) is 6.92 Å². The molecule has 0 aromatic carbocycles. The molecule has 2 N–H and O–H groups in total. The molecule has 0 aliphatic carbocycles. The van der Waals surface area contributed by atoms with Gasteiger partial charge in [0.15, 0.2) is 0 Å². The third kappa shape index (κ3) is 4.08. The van der Waals surface area contributed by atoms with Gasteiger partial charge in [-0.2, -0.15) is 5.10 Å². The topological polar surface area (TPSA) is 56.3 Å². The lowest BCUT2D eigenvalue weighted by molar-refractivity contribution is 0.0107. The third-order valence-corrected chi connectivity index (χ3v) is 3.41. The van der Waals surface area contributed by atoms with E-state index in [4.69, 9.17) is 10.5 Å². The van der Waals surface area contributed by atoms with Crippen molar-refractivity contribution < 1.29 is 4.74 Å². The van der Waals surface area contributed by atoms with Crippen molar-refractivity contribution in [1.82, 2.24) is 14.7 Å². The van der Waals surface area contributed by atoms with E-state index < -0.39 is 0 Å². The van der Waals surface area contributed by atoms with E-state index in [1.54, 1.807) is 0 Å². The van der Waals surface area contributed by atoms with Crippen molar-refractivity contribution in [2.45, 2.75) is 32.4 Å². The summed E-state index contributed by atoms with van der Waals surface area (Å²) in [5, 5.41) is 4.31. The first-order chi connectivity index (χ1) is 8.78. The first kappa shape index (κ1) is 13.5. The quantitative estimate of drug-likeness (QED) is 0.807. The molecular formula is C13H24N4O. The largest absolute Gasteiger partial charge is 0.377 e. The molecule has 5 nitrogen and oxygen atoms in total. The summed E-state index contributed by atoms with van der Waals surface area (Å²) in [6.07, 6.45) is 6.66. The van der Waals surface area contributed by atoms with Crippen LogP contribution in [-0.4, -0.2) is 53.6 Å². The standard InChI is InChI=1S/C13H24N4O/c1-12-10-15-17(11-12)8-7-16-5-2-13(3-6-16)18-9-4-14/h10-11,13H,2-9,14H2,1H3. The van der Waals surface area contributed by atoms with Crippen LogP contribution in [0.3, 0.4) is 0 Å². The fraction of sp³-hybridized carbons (Fsp3) is 0.769. The number of piperidine rings is 1. The van der Waals surface area contributed by atoms with Crippen molar-refractivity contribution >= 4 is 0 Å². The Morgan fingerprint density at radius 1 is 1.39 bits per heavy atom. The summed E-state index contributed by atoms with van der Waals surface area (Å²) in [7, 11) is 0. The minimum atomic E-state index is 0.414. The molecule has 0 spiro atoms.